The zero-order valence-corrected chi connectivity index (χ0v) is 10.4. The fraction of sp³-hybridized carbons (Fsp3) is 0.429. The first-order chi connectivity index (χ1) is 8.59. The van der Waals surface area contributed by atoms with Crippen LogP contribution < -0.4 is 0 Å². The Hall–Kier alpha value is -1.84. The lowest BCUT2D eigenvalue weighted by Gasteiger charge is -2.24. The van der Waals surface area contributed by atoms with Gasteiger partial charge in [-0.2, -0.15) is 0 Å². The molecule has 0 heterocycles. The molecule has 0 bridgehead atoms. The molecule has 1 fully saturated rings. The van der Waals surface area contributed by atoms with E-state index in [0.717, 1.165) is 12.8 Å². The van der Waals surface area contributed by atoms with Crippen molar-refractivity contribution >= 4 is 11.9 Å². The van der Waals surface area contributed by atoms with E-state index in [1.165, 1.54) is 0 Å². The molecule has 0 radical (unpaired) electrons. The second-order valence-corrected chi connectivity index (χ2v) is 4.79. The van der Waals surface area contributed by atoms with Crippen molar-refractivity contribution in [2.45, 2.75) is 25.8 Å². The van der Waals surface area contributed by atoms with Crippen molar-refractivity contribution in [3.8, 4) is 0 Å². The molecule has 0 unspecified atom stereocenters. The van der Waals surface area contributed by atoms with Gasteiger partial charge >= 0.3 is 5.97 Å². The quantitative estimate of drug-likeness (QED) is 0.866. The van der Waals surface area contributed by atoms with Gasteiger partial charge < -0.3 is 10.0 Å². The standard InChI is InChI=1S/C14H17NO3/c1-10(14(17)18)9-15(12-7-8-12)13(16)11-5-3-2-4-6-11/h2-6,10,12H,7-9H2,1H3,(H,17,18)/t10-/m0/s1. The van der Waals surface area contributed by atoms with E-state index in [1.807, 2.05) is 18.2 Å². The van der Waals surface area contributed by atoms with Crippen molar-refractivity contribution in [3.63, 3.8) is 0 Å². The number of carbonyl (C=O) groups excluding carboxylic acids is 1. The van der Waals surface area contributed by atoms with Crippen LogP contribution in [0.3, 0.4) is 0 Å². The van der Waals surface area contributed by atoms with Crippen LogP contribution in [0, 0.1) is 5.92 Å². The Balaban J connectivity index is 2.11. The van der Waals surface area contributed by atoms with Gasteiger partial charge in [0.2, 0.25) is 0 Å². The van der Waals surface area contributed by atoms with Crippen LogP contribution >= 0.6 is 0 Å². The average molecular weight is 247 g/mol. The third-order valence-corrected chi connectivity index (χ3v) is 3.16. The van der Waals surface area contributed by atoms with Crippen LogP contribution in [-0.4, -0.2) is 34.5 Å². The van der Waals surface area contributed by atoms with E-state index < -0.39 is 11.9 Å². The van der Waals surface area contributed by atoms with Crippen molar-refractivity contribution in [2.75, 3.05) is 6.54 Å². The molecule has 1 aromatic rings. The third-order valence-electron chi connectivity index (χ3n) is 3.16. The minimum atomic E-state index is -0.860. The molecule has 0 aromatic heterocycles. The van der Waals surface area contributed by atoms with Crippen LogP contribution in [0.2, 0.25) is 0 Å². The highest BCUT2D eigenvalue weighted by Crippen LogP contribution is 2.29. The summed E-state index contributed by atoms with van der Waals surface area (Å²) in [5, 5.41) is 8.95. The Morgan fingerprint density at radius 1 is 1.33 bits per heavy atom. The fourth-order valence-electron chi connectivity index (χ4n) is 1.90. The Labute approximate surface area is 106 Å². The number of amides is 1. The summed E-state index contributed by atoms with van der Waals surface area (Å²) >= 11 is 0. The Bertz CT molecular complexity index is 440. The van der Waals surface area contributed by atoms with E-state index >= 15 is 0 Å². The topological polar surface area (TPSA) is 57.6 Å². The van der Waals surface area contributed by atoms with E-state index in [4.69, 9.17) is 5.11 Å². The molecule has 1 atom stereocenters. The summed E-state index contributed by atoms with van der Waals surface area (Å²) in [6, 6.07) is 9.25. The third kappa shape index (κ3) is 2.88. The van der Waals surface area contributed by atoms with Gasteiger partial charge in [0.1, 0.15) is 0 Å². The maximum Gasteiger partial charge on any atom is 0.308 e. The summed E-state index contributed by atoms with van der Waals surface area (Å²) in [6.45, 7) is 1.92. The van der Waals surface area contributed by atoms with E-state index in [2.05, 4.69) is 0 Å². The van der Waals surface area contributed by atoms with Gasteiger partial charge in [0.05, 0.1) is 5.92 Å². The zero-order valence-electron chi connectivity index (χ0n) is 10.4. The summed E-state index contributed by atoms with van der Waals surface area (Å²) in [5.74, 6) is -1.45. The fourth-order valence-corrected chi connectivity index (χ4v) is 1.90. The maximum absolute atomic E-state index is 12.3. The molecule has 2 rings (SSSR count). The number of nitrogens with zero attached hydrogens (tertiary/aromatic N) is 1. The summed E-state index contributed by atoms with van der Waals surface area (Å²) in [5.41, 5.74) is 0.627. The molecule has 1 aliphatic carbocycles. The molecule has 0 saturated heterocycles. The summed E-state index contributed by atoms with van der Waals surface area (Å²) < 4.78 is 0. The lowest BCUT2D eigenvalue weighted by molar-refractivity contribution is -0.141. The Morgan fingerprint density at radius 3 is 2.44 bits per heavy atom. The number of carbonyl (C=O) groups is 2. The van der Waals surface area contributed by atoms with Crippen molar-refractivity contribution in [2.24, 2.45) is 5.92 Å². The molecule has 1 N–H and O–H groups in total. The molecule has 1 aromatic carbocycles. The molecule has 0 spiro atoms. The molecule has 4 nitrogen and oxygen atoms in total. The van der Waals surface area contributed by atoms with E-state index in [9.17, 15) is 9.59 Å². The molecule has 96 valence electrons. The highest BCUT2D eigenvalue weighted by atomic mass is 16.4. The maximum atomic E-state index is 12.3. The van der Waals surface area contributed by atoms with Gasteiger partial charge in [0.25, 0.3) is 5.91 Å². The zero-order chi connectivity index (χ0) is 13.1. The Kier molecular flexibility index (Phi) is 3.65. The van der Waals surface area contributed by atoms with Gasteiger partial charge in [-0.1, -0.05) is 25.1 Å². The van der Waals surface area contributed by atoms with Gasteiger partial charge in [0.15, 0.2) is 0 Å². The lowest BCUT2D eigenvalue weighted by Crippen LogP contribution is -2.38. The largest absolute Gasteiger partial charge is 0.481 e. The van der Waals surface area contributed by atoms with Gasteiger partial charge in [-0.05, 0) is 25.0 Å². The number of carboxylic acids is 1. The van der Waals surface area contributed by atoms with Crippen molar-refractivity contribution in [3.05, 3.63) is 35.9 Å². The minimum absolute atomic E-state index is 0.0637. The second kappa shape index (κ2) is 5.21. The summed E-state index contributed by atoms with van der Waals surface area (Å²) in [6.07, 6.45) is 1.95. The lowest BCUT2D eigenvalue weighted by atomic mass is 10.1. The molecule has 1 aliphatic rings. The first-order valence-electron chi connectivity index (χ1n) is 6.18. The van der Waals surface area contributed by atoms with E-state index in [1.54, 1.807) is 24.0 Å². The van der Waals surface area contributed by atoms with E-state index in [-0.39, 0.29) is 18.5 Å². The van der Waals surface area contributed by atoms with Crippen LogP contribution in [0.4, 0.5) is 0 Å². The van der Waals surface area contributed by atoms with Crippen LogP contribution in [0.1, 0.15) is 30.1 Å². The van der Waals surface area contributed by atoms with Crippen molar-refractivity contribution in [1.82, 2.24) is 4.90 Å². The van der Waals surface area contributed by atoms with Gasteiger partial charge in [-0.3, -0.25) is 9.59 Å². The van der Waals surface area contributed by atoms with Crippen LogP contribution in [0.25, 0.3) is 0 Å². The molecular formula is C14H17NO3. The molecule has 4 heteroatoms. The molecular weight excluding hydrogens is 230 g/mol. The van der Waals surface area contributed by atoms with E-state index in [0.29, 0.717) is 5.56 Å². The first-order valence-corrected chi connectivity index (χ1v) is 6.18. The monoisotopic (exact) mass is 247 g/mol. The van der Waals surface area contributed by atoms with Crippen LogP contribution in [-0.2, 0) is 4.79 Å². The molecule has 1 amide bonds. The highest BCUT2D eigenvalue weighted by Gasteiger charge is 2.34. The number of benzene rings is 1. The number of rotatable bonds is 5. The predicted octanol–water partition coefficient (Wildman–Crippen LogP) is 2.01. The minimum Gasteiger partial charge on any atom is -0.481 e. The predicted molar refractivity (Wildman–Crippen MR) is 67.3 cm³/mol. The summed E-state index contributed by atoms with van der Waals surface area (Å²) in [7, 11) is 0. The smallest absolute Gasteiger partial charge is 0.308 e. The average Bonchev–Trinajstić information content (AvgIpc) is 3.20. The van der Waals surface area contributed by atoms with Crippen molar-refractivity contribution in [1.29, 1.82) is 0 Å². The molecule has 18 heavy (non-hydrogen) atoms. The second-order valence-electron chi connectivity index (χ2n) is 4.79. The molecule has 0 aliphatic heterocycles. The number of aliphatic carboxylic acids is 1. The van der Waals surface area contributed by atoms with Gasteiger partial charge in [-0.15, -0.1) is 0 Å². The van der Waals surface area contributed by atoms with Crippen LogP contribution in [0.15, 0.2) is 30.3 Å². The van der Waals surface area contributed by atoms with Gasteiger partial charge in [-0.25, -0.2) is 0 Å². The summed E-state index contributed by atoms with van der Waals surface area (Å²) in [4.78, 5) is 24.9. The Morgan fingerprint density at radius 2 is 1.94 bits per heavy atom. The normalized spacial score (nSPS) is 16.1. The van der Waals surface area contributed by atoms with Crippen molar-refractivity contribution < 1.29 is 14.7 Å². The highest BCUT2D eigenvalue weighted by molar-refractivity contribution is 5.94. The number of hydrogen-bond acceptors (Lipinski definition) is 2. The van der Waals surface area contributed by atoms with Crippen LogP contribution in [0.5, 0.6) is 0 Å². The molecule has 1 saturated carbocycles. The van der Waals surface area contributed by atoms with Gasteiger partial charge in [0, 0.05) is 18.2 Å². The number of carboxylic acid groups (broad SMARTS) is 1. The first kappa shape index (κ1) is 12.6. The SMILES string of the molecule is C[C@@H](CN(C(=O)c1ccccc1)C1CC1)C(=O)O. The number of hydrogen-bond donors (Lipinski definition) is 1.